The number of allylic oxidation sites excluding steroid dienone is 4. The van der Waals surface area contributed by atoms with Crippen molar-refractivity contribution < 1.29 is 13.2 Å². The Bertz CT molecular complexity index is 461. The lowest BCUT2D eigenvalue weighted by Gasteiger charge is -2.12. The van der Waals surface area contributed by atoms with Crippen LogP contribution in [0.15, 0.2) is 29.9 Å². The van der Waals surface area contributed by atoms with E-state index in [0.717, 1.165) is 30.5 Å². The number of hydrogen-bond donors (Lipinski definition) is 0. The topological polar surface area (TPSA) is 0 Å². The summed E-state index contributed by atoms with van der Waals surface area (Å²) in [5, 5.41) is 0. The van der Waals surface area contributed by atoms with Gasteiger partial charge in [-0.3, -0.25) is 0 Å². The molecule has 1 aromatic carbocycles. The lowest BCUT2D eigenvalue weighted by atomic mass is 9.94. The van der Waals surface area contributed by atoms with E-state index in [9.17, 15) is 13.2 Å². The first-order chi connectivity index (χ1) is 7.58. The van der Waals surface area contributed by atoms with Crippen LogP contribution in [0, 0.1) is 17.5 Å². The molecule has 0 saturated heterocycles. The molecule has 0 N–H and O–H groups in total. The highest BCUT2D eigenvalue weighted by molar-refractivity contribution is 5.68. The molecule has 0 bridgehead atoms. The second kappa shape index (κ2) is 4.16. The minimum Gasteiger partial charge on any atom is -0.204 e. The molecule has 84 valence electrons. The van der Waals surface area contributed by atoms with Gasteiger partial charge in [0.15, 0.2) is 17.5 Å². The Morgan fingerprint density at radius 2 is 1.56 bits per heavy atom. The van der Waals surface area contributed by atoms with Gasteiger partial charge in [-0.05, 0) is 43.0 Å². The fraction of sp³-hybridized carbons (Fsp3) is 0.231. The van der Waals surface area contributed by atoms with Crippen molar-refractivity contribution in [2.45, 2.75) is 19.8 Å². The van der Waals surface area contributed by atoms with Crippen LogP contribution < -0.4 is 0 Å². The first-order valence-corrected chi connectivity index (χ1v) is 5.09. The summed E-state index contributed by atoms with van der Waals surface area (Å²) in [7, 11) is 0. The largest absolute Gasteiger partial charge is 0.204 e. The van der Waals surface area contributed by atoms with Crippen molar-refractivity contribution >= 4 is 5.57 Å². The quantitative estimate of drug-likeness (QED) is 0.626. The van der Waals surface area contributed by atoms with Crippen LogP contribution in [0.5, 0.6) is 0 Å². The van der Waals surface area contributed by atoms with Gasteiger partial charge in [0.05, 0.1) is 0 Å². The third kappa shape index (κ3) is 2.03. The molecule has 0 heterocycles. The lowest BCUT2D eigenvalue weighted by molar-refractivity contribution is 0.446. The molecule has 0 aromatic heterocycles. The summed E-state index contributed by atoms with van der Waals surface area (Å²) in [5.41, 5.74) is 2.48. The highest BCUT2D eigenvalue weighted by atomic mass is 19.2. The van der Waals surface area contributed by atoms with E-state index in [1.54, 1.807) is 0 Å². The van der Waals surface area contributed by atoms with E-state index in [-0.39, 0.29) is 0 Å². The fourth-order valence-corrected chi connectivity index (χ4v) is 1.72. The number of halogens is 3. The second-order valence-corrected chi connectivity index (χ2v) is 3.96. The van der Waals surface area contributed by atoms with Crippen molar-refractivity contribution in [2.75, 3.05) is 0 Å². The summed E-state index contributed by atoms with van der Waals surface area (Å²) >= 11 is 0. The predicted molar refractivity (Wildman–Crippen MR) is 57.3 cm³/mol. The molecule has 1 aromatic rings. The van der Waals surface area contributed by atoms with Crippen LogP contribution in [0.25, 0.3) is 5.57 Å². The highest BCUT2D eigenvalue weighted by Crippen LogP contribution is 2.28. The van der Waals surface area contributed by atoms with Crippen molar-refractivity contribution in [3.63, 3.8) is 0 Å². The molecule has 0 atom stereocenters. The van der Waals surface area contributed by atoms with Crippen LogP contribution in [0.4, 0.5) is 13.2 Å². The first kappa shape index (κ1) is 11.0. The van der Waals surface area contributed by atoms with Gasteiger partial charge in [-0.1, -0.05) is 17.7 Å². The zero-order valence-electron chi connectivity index (χ0n) is 8.86. The van der Waals surface area contributed by atoms with Gasteiger partial charge in [0.25, 0.3) is 0 Å². The SMILES string of the molecule is CC1=CC=C(c2cc(F)c(F)c(F)c2)CC1. The maximum Gasteiger partial charge on any atom is 0.194 e. The monoisotopic (exact) mass is 224 g/mol. The van der Waals surface area contributed by atoms with Crippen molar-refractivity contribution in [2.24, 2.45) is 0 Å². The molecule has 0 amide bonds. The van der Waals surface area contributed by atoms with Gasteiger partial charge in [-0.15, -0.1) is 0 Å². The van der Waals surface area contributed by atoms with Gasteiger partial charge in [-0.2, -0.15) is 0 Å². The Labute approximate surface area is 92.1 Å². The standard InChI is InChI=1S/C13H11F3/c1-8-2-4-9(5-3-8)10-6-11(14)13(16)12(15)7-10/h2,4,6-7H,3,5H2,1H3. The molecule has 0 unspecified atom stereocenters. The van der Waals surface area contributed by atoms with Crippen LogP contribution in [0.1, 0.15) is 25.3 Å². The maximum atomic E-state index is 13.0. The van der Waals surface area contributed by atoms with E-state index in [4.69, 9.17) is 0 Å². The van der Waals surface area contributed by atoms with Crippen molar-refractivity contribution in [1.29, 1.82) is 0 Å². The Hall–Kier alpha value is -1.51. The van der Waals surface area contributed by atoms with E-state index >= 15 is 0 Å². The van der Waals surface area contributed by atoms with Crippen molar-refractivity contribution in [3.8, 4) is 0 Å². The van der Waals surface area contributed by atoms with E-state index < -0.39 is 17.5 Å². The van der Waals surface area contributed by atoms with E-state index in [2.05, 4.69) is 0 Å². The molecular weight excluding hydrogens is 213 g/mol. The van der Waals surface area contributed by atoms with Gasteiger partial charge < -0.3 is 0 Å². The first-order valence-electron chi connectivity index (χ1n) is 5.09. The molecule has 3 heteroatoms. The van der Waals surface area contributed by atoms with Crippen molar-refractivity contribution in [1.82, 2.24) is 0 Å². The smallest absolute Gasteiger partial charge is 0.194 e. The van der Waals surface area contributed by atoms with Crippen LogP contribution in [-0.4, -0.2) is 0 Å². The summed E-state index contributed by atoms with van der Waals surface area (Å²) in [6.07, 6.45) is 5.34. The van der Waals surface area contributed by atoms with Gasteiger partial charge in [-0.25, -0.2) is 13.2 Å². The van der Waals surface area contributed by atoms with Crippen LogP contribution in [-0.2, 0) is 0 Å². The summed E-state index contributed by atoms with van der Waals surface area (Å²) < 4.78 is 38.8. The highest BCUT2D eigenvalue weighted by Gasteiger charge is 2.13. The molecule has 0 aliphatic heterocycles. The van der Waals surface area contributed by atoms with E-state index in [1.165, 1.54) is 5.57 Å². The minimum absolute atomic E-state index is 0.417. The molecule has 2 rings (SSSR count). The van der Waals surface area contributed by atoms with Gasteiger partial charge in [0.1, 0.15) is 0 Å². The molecule has 0 spiro atoms. The van der Waals surface area contributed by atoms with Crippen LogP contribution in [0.3, 0.4) is 0 Å². The lowest BCUT2D eigenvalue weighted by Crippen LogP contribution is -1.96. The molecule has 1 aliphatic rings. The summed E-state index contributed by atoms with van der Waals surface area (Å²) in [5.74, 6) is -3.68. The Morgan fingerprint density at radius 3 is 2.06 bits per heavy atom. The van der Waals surface area contributed by atoms with Gasteiger partial charge in [0, 0.05) is 0 Å². The zero-order valence-corrected chi connectivity index (χ0v) is 8.86. The maximum absolute atomic E-state index is 13.0. The van der Waals surface area contributed by atoms with Gasteiger partial charge in [0.2, 0.25) is 0 Å². The minimum atomic E-state index is -1.41. The fourth-order valence-electron chi connectivity index (χ4n) is 1.72. The summed E-state index contributed by atoms with van der Waals surface area (Å²) in [6.45, 7) is 2.00. The molecule has 0 saturated carbocycles. The molecular formula is C13H11F3. The Kier molecular flexibility index (Phi) is 2.86. The number of rotatable bonds is 1. The Morgan fingerprint density at radius 1 is 0.938 bits per heavy atom. The molecule has 0 radical (unpaired) electrons. The Balaban J connectivity index is 2.42. The zero-order chi connectivity index (χ0) is 11.7. The average Bonchev–Trinajstić information content (AvgIpc) is 2.26. The third-order valence-corrected chi connectivity index (χ3v) is 2.71. The number of hydrogen-bond acceptors (Lipinski definition) is 0. The summed E-state index contributed by atoms with van der Waals surface area (Å²) in [4.78, 5) is 0. The van der Waals surface area contributed by atoms with Crippen molar-refractivity contribution in [3.05, 3.63) is 52.9 Å². The number of benzene rings is 1. The van der Waals surface area contributed by atoms with E-state index in [0.29, 0.717) is 5.56 Å². The molecule has 0 fully saturated rings. The van der Waals surface area contributed by atoms with E-state index in [1.807, 2.05) is 19.1 Å². The second-order valence-electron chi connectivity index (χ2n) is 3.96. The predicted octanol–water partition coefficient (Wildman–Crippen LogP) is 4.23. The molecule has 0 nitrogen and oxygen atoms in total. The van der Waals surface area contributed by atoms with Gasteiger partial charge >= 0.3 is 0 Å². The normalized spacial score (nSPS) is 15.8. The van der Waals surface area contributed by atoms with Crippen LogP contribution >= 0.6 is 0 Å². The van der Waals surface area contributed by atoms with Crippen LogP contribution in [0.2, 0.25) is 0 Å². The average molecular weight is 224 g/mol. The summed E-state index contributed by atoms with van der Waals surface area (Å²) in [6, 6.07) is 2.08. The third-order valence-electron chi connectivity index (χ3n) is 2.71. The molecule has 1 aliphatic carbocycles. The molecule has 16 heavy (non-hydrogen) atoms.